The van der Waals surface area contributed by atoms with E-state index in [0.717, 1.165) is 18.4 Å². The van der Waals surface area contributed by atoms with E-state index < -0.39 is 10.0 Å². The van der Waals surface area contributed by atoms with Gasteiger partial charge in [-0.1, -0.05) is 0 Å². The van der Waals surface area contributed by atoms with Crippen molar-refractivity contribution < 1.29 is 13.2 Å². The van der Waals surface area contributed by atoms with Gasteiger partial charge in [-0.05, 0) is 49.9 Å². The minimum absolute atomic E-state index is 0.0164. The summed E-state index contributed by atoms with van der Waals surface area (Å²) in [5.41, 5.74) is 7.74. The van der Waals surface area contributed by atoms with Gasteiger partial charge < -0.3 is 10.5 Å². The highest BCUT2D eigenvalue weighted by molar-refractivity contribution is 7.89. The van der Waals surface area contributed by atoms with Crippen molar-refractivity contribution in [2.75, 3.05) is 18.9 Å². The number of nitrogen functional groups attached to an aromatic ring is 1. The highest BCUT2D eigenvalue weighted by Crippen LogP contribution is 2.23. The van der Waals surface area contributed by atoms with Gasteiger partial charge in [-0.2, -0.15) is 0 Å². The second-order valence-electron chi connectivity index (χ2n) is 4.96. The summed E-state index contributed by atoms with van der Waals surface area (Å²) < 4.78 is 32.6. The molecule has 1 aliphatic rings. The number of sulfonamides is 1. The standard InChI is InChI=1S/C13H20N2O3S/c1-9-6-12(14)10(2)13(7-9)19(16,17)15-8-11-4-3-5-18-11/h6-7,11,15H,3-5,8,14H2,1-2H3. The molecule has 0 bridgehead atoms. The maximum Gasteiger partial charge on any atom is 0.241 e. The largest absolute Gasteiger partial charge is 0.398 e. The zero-order valence-electron chi connectivity index (χ0n) is 11.3. The van der Waals surface area contributed by atoms with Gasteiger partial charge >= 0.3 is 0 Å². The molecule has 0 amide bonds. The summed E-state index contributed by atoms with van der Waals surface area (Å²) in [6.45, 7) is 4.57. The number of benzene rings is 1. The molecule has 0 aromatic heterocycles. The van der Waals surface area contributed by atoms with E-state index in [1.807, 2.05) is 6.92 Å². The molecule has 1 unspecified atom stereocenters. The third-order valence-corrected chi connectivity index (χ3v) is 4.91. The number of rotatable bonds is 4. The number of nitrogens with one attached hydrogen (secondary N) is 1. The first-order valence-corrected chi connectivity index (χ1v) is 7.86. The molecule has 2 rings (SSSR count). The van der Waals surface area contributed by atoms with Crippen LogP contribution in [-0.4, -0.2) is 27.7 Å². The normalized spacial score (nSPS) is 19.8. The topological polar surface area (TPSA) is 81.4 Å². The third kappa shape index (κ3) is 3.26. The van der Waals surface area contributed by atoms with Crippen LogP contribution in [0.15, 0.2) is 17.0 Å². The predicted molar refractivity (Wildman–Crippen MR) is 74.5 cm³/mol. The zero-order chi connectivity index (χ0) is 14.0. The quantitative estimate of drug-likeness (QED) is 0.818. The molecule has 0 spiro atoms. The molecule has 1 saturated heterocycles. The molecule has 1 aromatic carbocycles. The first-order chi connectivity index (χ1) is 8.90. The summed E-state index contributed by atoms with van der Waals surface area (Å²) in [5.74, 6) is 0. The van der Waals surface area contributed by atoms with E-state index in [2.05, 4.69) is 4.72 Å². The molecule has 3 N–H and O–H groups in total. The average Bonchev–Trinajstić information content (AvgIpc) is 2.84. The Labute approximate surface area is 114 Å². The molecule has 6 heteroatoms. The van der Waals surface area contributed by atoms with Crippen molar-refractivity contribution in [2.45, 2.75) is 37.7 Å². The smallest absolute Gasteiger partial charge is 0.241 e. The molecule has 1 aromatic rings. The van der Waals surface area contributed by atoms with Crippen molar-refractivity contribution in [3.8, 4) is 0 Å². The fourth-order valence-electron chi connectivity index (χ4n) is 2.22. The lowest BCUT2D eigenvalue weighted by Crippen LogP contribution is -2.32. The van der Waals surface area contributed by atoms with Gasteiger partial charge in [0.1, 0.15) is 0 Å². The Balaban J connectivity index is 2.19. The van der Waals surface area contributed by atoms with Crippen LogP contribution in [0.3, 0.4) is 0 Å². The number of ether oxygens (including phenoxy) is 1. The van der Waals surface area contributed by atoms with Gasteiger partial charge in [0.05, 0.1) is 11.0 Å². The molecule has 5 nitrogen and oxygen atoms in total. The van der Waals surface area contributed by atoms with Gasteiger partial charge in [-0.15, -0.1) is 0 Å². The third-order valence-electron chi connectivity index (χ3n) is 3.36. The van der Waals surface area contributed by atoms with Gasteiger partial charge in [0, 0.05) is 18.8 Å². The van der Waals surface area contributed by atoms with Gasteiger partial charge in [0.2, 0.25) is 10.0 Å². The molecule has 1 fully saturated rings. The van der Waals surface area contributed by atoms with E-state index in [9.17, 15) is 8.42 Å². The first-order valence-electron chi connectivity index (χ1n) is 6.38. The summed E-state index contributed by atoms with van der Waals surface area (Å²) in [5, 5.41) is 0. The second kappa shape index (κ2) is 5.48. The minimum Gasteiger partial charge on any atom is -0.398 e. The van der Waals surface area contributed by atoms with Crippen LogP contribution in [0.25, 0.3) is 0 Å². The average molecular weight is 284 g/mol. The molecular formula is C13H20N2O3S. The summed E-state index contributed by atoms with van der Waals surface area (Å²) in [6, 6.07) is 3.41. The van der Waals surface area contributed by atoms with E-state index in [4.69, 9.17) is 10.5 Å². The van der Waals surface area contributed by atoms with E-state index in [0.29, 0.717) is 24.4 Å². The Bertz CT molecular complexity index is 563. The molecule has 0 aliphatic carbocycles. The Morgan fingerprint density at radius 2 is 2.16 bits per heavy atom. The molecule has 106 valence electrons. The van der Waals surface area contributed by atoms with Crippen LogP contribution < -0.4 is 10.5 Å². The molecule has 1 atom stereocenters. The Morgan fingerprint density at radius 3 is 2.79 bits per heavy atom. The van der Waals surface area contributed by atoms with E-state index >= 15 is 0 Å². The van der Waals surface area contributed by atoms with Crippen LogP contribution >= 0.6 is 0 Å². The molecule has 1 heterocycles. The SMILES string of the molecule is Cc1cc(N)c(C)c(S(=O)(=O)NCC2CCCO2)c1. The first kappa shape index (κ1) is 14.3. The van der Waals surface area contributed by atoms with Crippen LogP contribution in [0.5, 0.6) is 0 Å². The lowest BCUT2D eigenvalue weighted by molar-refractivity contribution is 0.114. The zero-order valence-corrected chi connectivity index (χ0v) is 12.1. The summed E-state index contributed by atoms with van der Waals surface area (Å²) in [6.07, 6.45) is 1.87. The Morgan fingerprint density at radius 1 is 1.42 bits per heavy atom. The molecule has 0 radical (unpaired) electrons. The minimum atomic E-state index is -3.53. The van der Waals surface area contributed by atoms with Crippen LogP contribution in [-0.2, 0) is 14.8 Å². The van der Waals surface area contributed by atoms with E-state index in [-0.39, 0.29) is 11.0 Å². The summed E-state index contributed by atoms with van der Waals surface area (Å²) >= 11 is 0. The van der Waals surface area contributed by atoms with Crippen LogP contribution in [0, 0.1) is 13.8 Å². The van der Waals surface area contributed by atoms with Crippen LogP contribution in [0.2, 0.25) is 0 Å². The van der Waals surface area contributed by atoms with Gasteiger partial charge in [-0.3, -0.25) is 0 Å². The lowest BCUT2D eigenvalue weighted by Gasteiger charge is -2.14. The fraction of sp³-hybridized carbons (Fsp3) is 0.538. The lowest BCUT2D eigenvalue weighted by atomic mass is 10.1. The summed E-state index contributed by atoms with van der Waals surface area (Å²) in [4.78, 5) is 0.253. The van der Waals surface area contributed by atoms with E-state index in [1.54, 1.807) is 19.1 Å². The second-order valence-corrected chi connectivity index (χ2v) is 6.70. The maximum atomic E-state index is 12.3. The highest BCUT2D eigenvalue weighted by atomic mass is 32.2. The summed E-state index contributed by atoms with van der Waals surface area (Å²) in [7, 11) is -3.53. The van der Waals surface area contributed by atoms with E-state index in [1.165, 1.54) is 0 Å². The van der Waals surface area contributed by atoms with Crippen molar-refractivity contribution >= 4 is 15.7 Å². The molecular weight excluding hydrogens is 264 g/mol. The number of aryl methyl sites for hydroxylation is 1. The number of hydrogen-bond donors (Lipinski definition) is 2. The van der Waals surface area contributed by atoms with Crippen molar-refractivity contribution in [2.24, 2.45) is 0 Å². The van der Waals surface area contributed by atoms with Gasteiger partial charge in [0.25, 0.3) is 0 Å². The van der Waals surface area contributed by atoms with Crippen molar-refractivity contribution in [1.29, 1.82) is 0 Å². The van der Waals surface area contributed by atoms with Gasteiger partial charge in [0.15, 0.2) is 0 Å². The molecule has 0 saturated carbocycles. The number of hydrogen-bond acceptors (Lipinski definition) is 4. The highest BCUT2D eigenvalue weighted by Gasteiger charge is 2.22. The number of anilines is 1. The maximum absolute atomic E-state index is 12.3. The molecule has 19 heavy (non-hydrogen) atoms. The monoisotopic (exact) mass is 284 g/mol. The fourth-order valence-corrected chi connectivity index (χ4v) is 3.64. The molecule has 1 aliphatic heterocycles. The number of nitrogens with two attached hydrogens (primary N) is 1. The Hall–Kier alpha value is -1.11. The van der Waals surface area contributed by atoms with Crippen molar-refractivity contribution in [3.63, 3.8) is 0 Å². The Kier molecular flexibility index (Phi) is 4.13. The predicted octanol–water partition coefficient (Wildman–Crippen LogP) is 1.34. The van der Waals surface area contributed by atoms with Crippen LogP contribution in [0.1, 0.15) is 24.0 Å². The van der Waals surface area contributed by atoms with Crippen molar-refractivity contribution in [3.05, 3.63) is 23.3 Å². The van der Waals surface area contributed by atoms with Gasteiger partial charge in [-0.25, -0.2) is 13.1 Å². The van der Waals surface area contributed by atoms with Crippen LogP contribution in [0.4, 0.5) is 5.69 Å². The van der Waals surface area contributed by atoms with Crippen molar-refractivity contribution in [1.82, 2.24) is 4.72 Å².